The third-order valence-corrected chi connectivity index (χ3v) is 3.20. The molecule has 4 nitrogen and oxygen atoms in total. The second-order valence-electron chi connectivity index (χ2n) is 2.23. The molecular weight excluding hydrogens is 143 g/mol. The molecule has 3 saturated heterocycles. The lowest BCUT2D eigenvalue weighted by Crippen LogP contribution is -2.35. The molecule has 3 rings (SSSR count). The van der Waals surface area contributed by atoms with Crippen molar-refractivity contribution in [3.8, 4) is 0 Å². The van der Waals surface area contributed by atoms with Gasteiger partial charge in [0.2, 0.25) is 0 Å². The van der Waals surface area contributed by atoms with Crippen molar-refractivity contribution in [1.82, 2.24) is 0 Å². The van der Waals surface area contributed by atoms with Crippen LogP contribution in [0, 0.1) is 0 Å². The molecule has 9 heavy (non-hydrogen) atoms. The van der Waals surface area contributed by atoms with E-state index in [2.05, 4.69) is 0 Å². The molecular formula is C4H7O4P. The molecule has 3 heterocycles. The van der Waals surface area contributed by atoms with Crippen molar-refractivity contribution >= 4 is 7.14 Å². The van der Waals surface area contributed by atoms with E-state index in [-0.39, 0.29) is 0 Å². The van der Waals surface area contributed by atoms with Crippen LogP contribution in [0.1, 0.15) is 0 Å². The Hall–Kier alpha value is 0.110. The summed E-state index contributed by atoms with van der Waals surface area (Å²) in [6.45, 7) is -0.541. The predicted octanol–water partition coefficient (Wildman–Crippen LogP) is 0.583. The minimum atomic E-state index is -2.20. The van der Waals surface area contributed by atoms with Gasteiger partial charge in [-0.15, -0.1) is 0 Å². The van der Waals surface area contributed by atoms with Gasteiger partial charge in [0, 0.05) is 0 Å². The highest BCUT2D eigenvalue weighted by molar-refractivity contribution is 7.63. The van der Waals surface area contributed by atoms with Crippen molar-refractivity contribution in [2.45, 2.75) is 6.48 Å². The molecule has 3 fully saturated rings. The van der Waals surface area contributed by atoms with Crippen molar-refractivity contribution in [3.63, 3.8) is 0 Å². The standard InChI is InChI=1S/C4H7O4P/c5-9-1-6-4(7-2-9)8-3-9/h4H,1-3H2. The summed E-state index contributed by atoms with van der Waals surface area (Å²) >= 11 is 0. The van der Waals surface area contributed by atoms with Crippen molar-refractivity contribution < 1.29 is 18.8 Å². The van der Waals surface area contributed by atoms with Crippen LogP contribution in [-0.2, 0) is 18.8 Å². The summed E-state index contributed by atoms with van der Waals surface area (Å²) in [5.41, 5.74) is 0. The summed E-state index contributed by atoms with van der Waals surface area (Å²) in [5, 5.41) is 0. The number of ether oxygens (including phenoxy) is 3. The Morgan fingerprint density at radius 2 is 1.56 bits per heavy atom. The molecule has 0 aromatic carbocycles. The van der Waals surface area contributed by atoms with Crippen molar-refractivity contribution in [3.05, 3.63) is 0 Å². The zero-order valence-corrected chi connectivity index (χ0v) is 5.67. The highest BCUT2D eigenvalue weighted by Gasteiger charge is 2.38. The first-order valence-electron chi connectivity index (χ1n) is 2.70. The maximum atomic E-state index is 11.3. The van der Waals surface area contributed by atoms with Gasteiger partial charge in [0.05, 0.1) is 0 Å². The molecule has 0 atom stereocenters. The third kappa shape index (κ3) is 0.923. The number of hydrogen-bond donors (Lipinski definition) is 0. The Morgan fingerprint density at radius 3 is 1.78 bits per heavy atom. The Bertz CT molecular complexity index is 139. The Kier molecular flexibility index (Phi) is 1.17. The fraction of sp³-hybridized carbons (Fsp3) is 1.00. The monoisotopic (exact) mass is 150 g/mol. The normalized spacial score (nSPS) is 49.6. The lowest BCUT2D eigenvalue weighted by Gasteiger charge is -2.35. The fourth-order valence-electron chi connectivity index (χ4n) is 0.846. The Labute approximate surface area is 52.5 Å². The number of rotatable bonds is 0. The largest absolute Gasteiger partial charge is 0.322 e. The summed E-state index contributed by atoms with van der Waals surface area (Å²) in [5.74, 6) is 0. The van der Waals surface area contributed by atoms with Crippen molar-refractivity contribution in [1.29, 1.82) is 0 Å². The van der Waals surface area contributed by atoms with Gasteiger partial charge in [-0.1, -0.05) is 0 Å². The topological polar surface area (TPSA) is 44.8 Å². The highest BCUT2D eigenvalue weighted by atomic mass is 31.2. The van der Waals surface area contributed by atoms with Crippen LogP contribution in [0.25, 0.3) is 0 Å². The van der Waals surface area contributed by atoms with Gasteiger partial charge in [0.25, 0.3) is 6.48 Å². The Morgan fingerprint density at radius 1 is 1.11 bits per heavy atom. The molecule has 0 amide bonds. The molecule has 0 aromatic heterocycles. The lowest BCUT2D eigenvalue weighted by molar-refractivity contribution is -0.291. The molecule has 0 radical (unpaired) electrons. The average Bonchev–Trinajstić information content (AvgIpc) is 1.90. The van der Waals surface area contributed by atoms with Gasteiger partial charge >= 0.3 is 0 Å². The van der Waals surface area contributed by atoms with Crippen LogP contribution >= 0.6 is 7.14 Å². The smallest absolute Gasteiger partial charge is 0.272 e. The molecule has 3 aliphatic rings. The molecule has 0 N–H and O–H groups in total. The van der Waals surface area contributed by atoms with E-state index >= 15 is 0 Å². The minimum absolute atomic E-state index is 0.331. The van der Waals surface area contributed by atoms with Crippen LogP contribution in [0.15, 0.2) is 0 Å². The molecule has 52 valence electrons. The van der Waals surface area contributed by atoms with Gasteiger partial charge in [0.15, 0.2) is 7.14 Å². The summed E-state index contributed by atoms with van der Waals surface area (Å²) in [6.07, 6.45) is 0.993. The van der Waals surface area contributed by atoms with Crippen LogP contribution in [0.3, 0.4) is 0 Å². The second-order valence-corrected chi connectivity index (χ2v) is 5.12. The van der Waals surface area contributed by atoms with Crippen LogP contribution in [-0.4, -0.2) is 25.5 Å². The van der Waals surface area contributed by atoms with E-state index in [0.717, 1.165) is 0 Å². The summed E-state index contributed by atoms with van der Waals surface area (Å²) in [4.78, 5) is 0. The SMILES string of the molecule is O=P12COC(OC1)OC2. The molecule has 0 aliphatic carbocycles. The van der Waals surface area contributed by atoms with Crippen LogP contribution in [0.5, 0.6) is 0 Å². The molecule has 0 unspecified atom stereocenters. The summed E-state index contributed by atoms with van der Waals surface area (Å²) in [7, 11) is -2.20. The molecule has 0 spiro atoms. The van der Waals surface area contributed by atoms with Crippen LogP contribution in [0.2, 0.25) is 0 Å². The first kappa shape index (κ1) is 5.86. The Balaban J connectivity index is 2.20. The summed E-state index contributed by atoms with van der Waals surface area (Å²) in [6, 6.07) is 0. The van der Waals surface area contributed by atoms with Gasteiger partial charge in [-0.2, -0.15) is 0 Å². The quantitative estimate of drug-likeness (QED) is 0.474. The van der Waals surface area contributed by atoms with E-state index in [1.807, 2.05) is 0 Å². The molecule has 5 heteroatoms. The fourth-order valence-corrected chi connectivity index (χ4v) is 2.25. The predicted molar refractivity (Wildman–Crippen MR) is 29.3 cm³/mol. The van der Waals surface area contributed by atoms with Gasteiger partial charge in [0.1, 0.15) is 19.0 Å². The second kappa shape index (κ2) is 1.80. The maximum Gasteiger partial charge on any atom is 0.272 e. The van der Waals surface area contributed by atoms with Gasteiger partial charge in [-0.3, -0.25) is 0 Å². The maximum absolute atomic E-state index is 11.3. The third-order valence-electron chi connectivity index (χ3n) is 1.34. The molecule has 2 bridgehead atoms. The number of fused-ring (bicyclic) bond motifs is 3. The van der Waals surface area contributed by atoms with Gasteiger partial charge in [-0.25, -0.2) is 0 Å². The average molecular weight is 150 g/mol. The molecule has 0 saturated carbocycles. The van der Waals surface area contributed by atoms with Gasteiger partial charge in [-0.05, 0) is 0 Å². The van der Waals surface area contributed by atoms with Gasteiger partial charge < -0.3 is 18.8 Å². The zero-order chi connectivity index (χ0) is 6.32. The van der Waals surface area contributed by atoms with E-state index < -0.39 is 13.6 Å². The van der Waals surface area contributed by atoms with Crippen LogP contribution < -0.4 is 0 Å². The molecule has 0 aromatic rings. The van der Waals surface area contributed by atoms with Crippen molar-refractivity contribution in [2.75, 3.05) is 19.0 Å². The van der Waals surface area contributed by atoms with E-state index in [1.54, 1.807) is 0 Å². The van der Waals surface area contributed by atoms with E-state index in [1.165, 1.54) is 0 Å². The number of hydrogen-bond acceptors (Lipinski definition) is 4. The van der Waals surface area contributed by atoms with E-state index in [9.17, 15) is 4.57 Å². The van der Waals surface area contributed by atoms with Crippen LogP contribution in [0.4, 0.5) is 0 Å². The lowest BCUT2D eigenvalue weighted by atomic mass is 11.1. The molecule has 3 aliphatic heterocycles. The first-order chi connectivity index (χ1) is 4.29. The highest BCUT2D eigenvalue weighted by Crippen LogP contribution is 2.52. The van der Waals surface area contributed by atoms with E-state index in [4.69, 9.17) is 14.2 Å². The summed E-state index contributed by atoms with van der Waals surface area (Å²) < 4.78 is 25.9. The minimum Gasteiger partial charge on any atom is -0.322 e. The van der Waals surface area contributed by atoms with Crippen molar-refractivity contribution in [2.24, 2.45) is 0 Å². The first-order valence-corrected chi connectivity index (χ1v) is 4.97. The zero-order valence-electron chi connectivity index (χ0n) is 4.78. The van der Waals surface area contributed by atoms with E-state index in [0.29, 0.717) is 19.0 Å².